The minimum atomic E-state index is 0.168. The summed E-state index contributed by atoms with van der Waals surface area (Å²) < 4.78 is 0. The topological polar surface area (TPSA) is 35.6 Å². The van der Waals surface area contributed by atoms with E-state index in [1.807, 2.05) is 42.2 Å². The molecule has 0 aliphatic carbocycles. The molecule has 1 amide bonds. The lowest BCUT2D eigenvalue weighted by Crippen LogP contribution is -2.50. The van der Waals surface area contributed by atoms with Gasteiger partial charge in [-0.1, -0.05) is 36.4 Å². The average Bonchev–Trinajstić information content (AvgIpc) is 2.62. The number of piperazine rings is 1. The van der Waals surface area contributed by atoms with Crippen LogP contribution in [0.15, 0.2) is 54.6 Å². The number of nitrogens with zero attached hydrogens (tertiary/aromatic N) is 2. The minimum absolute atomic E-state index is 0.168. The number of carbonyl (C=O) groups excluding carboxylic acids is 1. The highest BCUT2D eigenvalue weighted by atomic mass is 16.2. The fourth-order valence-corrected chi connectivity index (χ4v) is 2.91. The maximum atomic E-state index is 12.4. The van der Waals surface area contributed by atoms with E-state index in [-0.39, 0.29) is 5.91 Å². The van der Waals surface area contributed by atoms with E-state index in [2.05, 4.69) is 34.5 Å². The number of hydrogen-bond donors (Lipinski definition) is 1. The van der Waals surface area contributed by atoms with Crippen LogP contribution >= 0.6 is 0 Å². The third kappa shape index (κ3) is 3.83. The van der Waals surface area contributed by atoms with Crippen LogP contribution in [0.25, 0.3) is 0 Å². The molecule has 1 fully saturated rings. The molecule has 0 radical (unpaired) electrons. The van der Waals surface area contributed by atoms with E-state index < -0.39 is 0 Å². The highest BCUT2D eigenvalue weighted by molar-refractivity contribution is 5.81. The summed E-state index contributed by atoms with van der Waals surface area (Å²) in [6.07, 6.45) is 0. The monoisotopic (exact) mass is 309 g/mol. The number of carbonyl (C=O) groups is 1. The van der Waals surface area contributed by atoms with Crippen LogP contribution in [-0.4, -0.2) is 43.5 Å². The molecule has 2 aromatic carbocycles. The van der Waals surface area contributed by atoms with Gasteiger partial charge < -0.3 is 15.1 Å². The summed E-state index contributed by atoms with van der Waals surface area (Å²) in [5, 5.41) is 3.25. The molecule has 2 aromatic rings. The fraction of sp³-hybridized carbons (Fsp3) is 0.316. The number of para-hydroxylation sites is 2. The highest BCUT2D eigenvalue weighted by Gasteiger charge is 2.20. The van der Waals surface area contributed by atoms with Crippen LogP contribution in [0.5, 0.6) is 0 Å². The summed E-state index contributed by atoms with van der Waals surface area (Å²) in [6.45, 7) is 5.74. The molecular weight excluding hydrogens is 286 g/mol. The molecule has 1 N–H and O–H groups in total. The first-order chi connectivity index (χ1) is 11.2. The van der Waals surface area contributed by atoms with E-state index in [4.69, 9.17) is 0 Å². The molecule has 0 saturated carbocycles. The molecule has 1 aliphatic heterocycles. The summed E-state index contributed by atoms with van der Waals surface area (Å²) in [4.78, 5) is 16.7. The Morgan fingerprint density at radius 3 is 2.30 bits per heavy atom. The Kier molecular flexibility index (Phi) is 4.81. The third-order valence-corrected chi connectivity index (χ3v) is 4.33. The maximum absolute atomic E-state index is 12.4. The van der Waals surface area contributed by atoms with Crippen molar-refractivity contribution < 1.29 is 4.79 Å². The van der Waals surface area contributed by atoms with E-state index in [1.165, 1.54) is 5.69 Å². The number of amides is 1. The number of nitrogens with one attached hydrogen (secondary N) is 1. The Morgan fingerprint density at radius 2 is 1.61 bits per heavy atom. The van der Waals surface area contributed by atoms with Crippen LogP contribution < -0.4 is 10.2 Å². The molecule has 1 saturated heterocycles. The molecule has 120 valence electrons. The second kappa shape index (κ2) is 7.18. The van der Waals surface area contributed by atoms with Gasteiger partial charge in [0.15, 0.2) is 0 Å². The normalized spacial score (nSPS) is 14.7. The first kappa shape index (κ1) is 15.4. The summed E-state index contributed by atoms with van der Waals surface area (Å²) in [6, 6.07) is 18.4. The SMILES string of the molecule is Cc1ccccc1NCC(=O)N1CCN(c2ccccc2)CC1. The van der Waals surface area contributed by atoms with Crippen LogP contribution in [0.3, 0.4) is 0 Å². The van der Waals surface area contributed by atoms with Gasteiger partial charge in [0.1, 0.15) is 0 Å². The summed E-state index contributed by atoms with van der Waals surface area (Å²) in [5.41, 5.74) is 3.43. The zero-order chi connectivity index (χ0) is 16.1. The largest absolute Gasteiger partial charge is 0.376 e. The first-order valence-electron chi connectivity index (χ1n) is 8.11. The lowest BCUT2D eigenvalue weighted by atomic mass is 10.2. The van der Waals surface area contributed by atoms with Crippen LogP contribution in [0.4, 0.5) is 11.4 Å². The van der Waals surface area contributed by atoms with E-state index in [1.54, 1.807) is 0 Å². The van der Waals surface area contributed by atoms with Gasteiger partial charge >= 0.3 is 0 Å². The Labute approximate surface area is 137 Å². The van der Waals surface area contributed by atoms with E-state index in [0.29, 0.717) is 6.54 Å². The van der Waals surface area contributed by atoms with Crippen LogP contribution in [0.1, 0.15) is 5.56 Å². The minimum Gasteiger partial charge on any atom is -0.376 e. The Hall–Kier alpha value is -2.49. The van der Waals surface area contributed by atoms with Gasteiger partial charge in [-0.3, -0.25) is 4.79 Å². The molecule has 0 unspecified atom stereocenters. The van der Waals surface area contributed by atoms with Crippen molar-refractivity contribution in [1.82, 2.24) is 4.90 Å². The second-order valence-electron chi connectivity index (χ2n) is 5.87. The number of hydrogen-bond acceptors (Lipinski definition) is 3. The van der Waals surface area contributed by atoms with Gasteiger partial charge in [-0.25, -0.2) is 0 Å². The molecule has 3 rings (SSSR count). The van der Waals surface area contributed by atoms with Crippen LogP contribution in [0, 0.1) is 6.92 Å². The molecule has 4 nitrogen and oxygen atoms in total. The highest BCUT2D eigenvalue weighted by Crippen LogP contribution is 2.16. The van der Waals surface area contributed by atoms with Crippen molar-refractivity contribution in [3.63, 3.8) is 0 Å². The standard InChI is InChI=1S/C19H23N3O/c1-16-7-5-6-10-18(16)20-15-19(23)22-13-11-21(12-14-22)17-8-3-2-4-9-17/h2-10,20H,11-15H2,1H3. The quantitative estimate of drug-likeness (QED) is 0.943. The Bertz CT molecular complexity index is 649. The van der Waals surface area contributed by atoms with Crippen molar-refractivity contribution in [3.8, 4) is 0 Å². The molecule has 0 aromatic heterocycles. The van der Waals surface area contributed by atoms with E-state index in [9.17, 15) is 4.79 Å². The zero-order valence-electron chi connectivity index (χ0n) is 13.5. The van der Waals surface area contributed by atoms with Crippen molar-refractivity contribution in [2.24, 2.45) is 0 Å². The van der Waals surface area contributed by atoms with Crippen LogP contribution in [0.2, 0.25) is 0 Å². The molecule has 1 aliphatic rings. The molecule has 23 heavy (non-hydrogen) atoms. The smallest absolute Gasteiger partial charge is 0.241 e. The number of anilines is 2. The van der Waals surface area contributed by atoms with Gasteiger partial charge in [0.2, 0.25) is 5.91 Å². The van der Waals surface area contributed by atoms with Gasteiger partial charge in [0, 0.05) is 37.6 Å². The van der Waals surface area contributed by atoms with Crippen molar-refractivity contribution >= 4 is 17.3 Å². The predicted molar refractivity (Wildman–Crippen MR) is 94.9 cm³/mol. The Morgan fingerprint density at radius 1 is 0.957 bits per heavy atom. The molecule has 0 bridgehead atoms. The molecule has 1 heterocycles. The van der Waals surface area contributed by atoms with E-state index >= 15 is 0 Å². The van der Waals surface area contributed by atoms with Gasteiger partial charge in [-0.2, -0.15) is 0 Å². The summed E-state index contributed by atoms with van der Waals surface area (Å²) in [7, 11) is 0. The average molecular weight is 309 g/mol. The molecule has 0 spiro atoms. The second-order valence-corrected chi connectivity index (χ2v) is 5.87. The van der Waals surface area contributed by atoms with Crippen molar-refractivity contribution in [2.45, 2.75) is 6.92 Å². The summed E-state index contributed by atoms with van der Waals surface area (Å²) in [5.74, 6) is 0.168. The van der Waals surface area contributed by atoms with Crippen LogP contribution in [-0.2, 0) is 4.79 Å². The zero-order valence-corrected chi connectivity index (χ0v) is 13.5. The van der Waals surface area contributed by atoms with Gasteiger partial charge in [0.05, 0.1) is 6.54 Å². The number of benzene rings is 2. The Balaban J connectivity index is 1.50. The van der Waals surface area contributed by atoms with Crippen molar-refractivity contribution in [2.75, 3.05) is 42.9 Å². The third-order valence-electron chi connectivity index (χ3n) is 4.33. The molecule has 0 atom stereocenters. The van der Waals surface area contributed by atoms with Gasteiger partial charge in [0.25, 0.3) is 0 Å². The van der Waals surface area contributed by atoms with Crippen molar-refractivity contribution in [3.05, 3.63) is 60.2 Å². The molecule has 4 heteroatoms. The van der Waals surface area contributed by atoms with Crippen molar-refractivity contribution in [1.29, 1.82) is 0 Å². The van der Waals surface area contributed by atoms with Gasteiger partial charge in [-0.05, 0) is 30.7 Å². The summed E-state index contributed by atoms with van der Waals surface area (Å²) >= 11 is 0. The fourth-order valence-electron chi connectivity index (χ4n) is 2.91. The number of aryl methyl sites for hydroxylation is 1. The lowest BCUT2D eigenvalue weighted by molar-refractivity contribution is -0.129. The number of rotatable bonds is 4. The predicted octanol–water partition coefficient (Wildman–Crippen LogP) is 2.76. The molecular formula is C19H23N3O. The maximum Gasteiger partial charge on any atom is 0.241 e. The lowest BCUT2D eigenvalue weighted by Gasteiger charge is -2.36. The van der Waals surface area contributed by atoms with Gasteiger partial charge in [-0.15, -0.1) is 0 Å². The van der Waals surface area contributed by atoms with E-state index in [0.717, 1.165) is 37.4 Å². The first-order valence-corrected chi connectivity index (χ1v) is 8.11.